The second kappa shape index (κ2) is 6.83. The summed E-state index contributed by atoms with van der Waals surface area (Å²) in [6.45, 7) is 4.23. The second-order valence-electron chi connectivity index (χ2n) is 7.43. The van der Waals surface area contributed by atoms with E-state index in [1.54, 1.807) is 37.3 Å². The highest BCUT2D eigenvalue weighted by Gasteiger charge is 2.42. The molecular formula is C21H22N2O4S. The van der Waals surface area contributed by atoms with Crippen molar-refractivity contribution < 1.29 is 18.0 Å². The minimum absolute atomic E-state index is 0.280. The van der Waals surface area contributed by atoms with Crippen LogP contribution in [0.15, 0.2) is 47.4 Å². The van der Waals surface area contributed by atoms with Crippen molar-refractivity contribution in [1.29, 1.82) is 0 Å². The van der Waals surface area contributed by atoms with Gasteiger partial charge < -0.3 is 0 Å². The third kappa shape index (κ3) is 2.95. The van der Waals surface area contributed by atoms with Crippen LogP contribution in [0.3, 0.4) is 0 Å². The summed E-state index contributed by atoms with van der Waals surface area (Å²) in [7, 11) is -3.60. The highest BCUT2D eigenvalue weighted by Crippen LogP contribution is 2.30. The summed E-state index contributed by atoms with van der Waals surface area (Å²) in [5.74, 6) is -0.562. The molecule has 0 aromatic heterocycles. The van der Waals surface area contributed by atoms with E-state index < -0.39 is 10.0 Å². The van der Waals surface area contributed by atoms with Gasteiger partial charge in [-0.05, 0) is 56.0 Å². The summed E-state index contributed by atoms with van der Waals surface area (Å²) in [6.07, 6.45) is 0.880. The number of hydrogen-bond donors (Lipinski definition) is 0. The molecule has 28 heavy (non-hydrogen) atoms. The molecule has 0 unspecified atom stereocenters. The number of carbonyl (C=O) groups is 2. The molecule has 0 atom stereocenters. The minimum atomic E-state index is -3.60. The summed E-state index contributed by atoms with van der Waals surface area (Å²) < 4.78 is 27.6. The zero-order valence-electron chi connectivity index (χ0n) is 15.9. The van der Waals surface area contributed by atoms with Crippen molar-refractivity contribution in [3.05, 3.63) is 64.7 Å². The first-order valence-corrected chi connectivity index (χ1v) is 10.8. The van der Waals surface area contributed by atoms with E-state index in [0.29, 0.717) is 34.4 Å². The second-order valence-corrected chi connectivity index (χ2v) is 9.34. The molecule has 0 saturated carbocycles. The number of imide groups is 1. The van der Waals surface area contributed by atoms with Crippen molar-refractivity contribution >= 4 is 21.8 Å². The quantitative estimate of drug-likeness (QED) is 0.745. The van der Waals surface area contributed by atoms with Gasteiger partial charge in [-0.3, -0.25) is 14.5 Å². The highest BCUT2D eigenvalue weighted by molar-refractivity contribution is 7.89. The molecule has 6 nitrogen and oxygen atoms in total. The number of carbonyl (C=O) groups excluding carboxylic acids is 2. The molecule has 1 fully saturated rings. The van der Waals surface area contributed by atoms with E-state index in [1.165, 1.54) is 9.21 Å². The van der Waals surface area contributed by atoms with E-state index in [-0.39, 0.29) is 30.9 Å². The monoisotopic (exact) mass is 398 g/mol. The molecular weight excluding hydrogens is 376 g/mol. The van der Waals surface area contributed by atoms with E-state index in [2.05, 4.69) is 0 Å². The normalized spacial score (nSPS) is 18.6. The highest BCUT2D eigenvalue weighted by atomic mass is 32.2. The summed E-state index contributed by atoms with van der Waals surface area (Å²) in [6, 6.07) is 11.9. The number of amides is 2. The van der Waals surface area contributed by atoms with Gasteiger partial charge in [0.05, 0.1) is 16.0 Å². The lowest BCUT2D eigenvalue weighted by molar-refractivity contribution is 0.0536. The van der Waals surface area contributed by atoms with Crippen molar-refractivity contribution in [3.8, 4) is 0 Å². The van der Waals surface area contributed by atoms with Crippen LogP contribution in [0.2, 0.25) is 0 Å². The first-order valence-electron chi connectivity index (χ1n) is 9.35. The maximum absolute atomic E-state index is 13.1. The summed E-state index contributed by atoms with van der Waals surface area (Å²) in [5, 5.41) is 0. The van der Waals surface area contributed by atoms with Crippen LogP contribution in [0.1, 0.15) is 44.7 Å². The number of aryl methyl sites for hydroxylation is 2. The fourth-order valence-corrected chi connectivity index (χ4v) is 5.78. The van der Waals surface area contributed by atoms with Crippen molar-refractivity contribution in [1.82, 2.24) is 9.21 Å². The fraction of sp³-hybridized carbons (Fsp3) is 0.333. The average Bonchev–Trinajstić information content (AvgIpc) is 2.95. The van der Waals surface area contributed by atoms with Gasteiger partial charge in [0.2, 0.25) is 10.0 Å². The third-order valence-corrected chi connectivity index (χ3v) is 7.62. The number of piperidine rings is 1. The van der Waals surface area contributed by atoms with Crippen LogP contribution in [-0.2, 0) is 10.0 Å². The average molecular weight is 398 g/mol. The Labute approximate surface area is 164 Å². The Hall–Kier alpha value is -2.51. The fourth-order valence-electron chi connectivity index (χ4n) is 4.00. The molecule has 2 aliphatic rings. The van der Waals surface area contributed by atoms with E-state index in [9.17, 15) is 18.0 Å². The predicted octanol–water partition coefficient (Wildman–Crippen LogP) is 2.75. The first kappa shape index (κ1) is 18.8. The van der Waals surface area contributed by atoms with Crippen LogP contribution in [0, 0.1) is 13.8 Å². The van der Waals surface area contributed by atoms with Crippen LogP contribution >= 0.6 is 0 Å². The van der Waals surface area contributed by atoms with E-state index in [0.717, 1.165) is 5.56 Å². The van der Waals surface area contributed by atoms with Crippen LogP contribution in [-0.4, -0.2) is 48.6 Å². The number of fused-ring (bicyclic) bond motifs is 1. The van der Waals surface area contributed by atoms with Gasteiger partial charge in [0.1, 0.15) is 0 Å². The van der Waals surface area contributed by atoms with Gasteiger partial charge in [0.15, 0.2) is 0 Å². The largest absolute Gasteiger partial charge is 0.271 e. The molecule has 0 spiro atoms. The summed E-state index contributed by atoms with van der Waals surface area (Å²) >= 11 is 0. The summed E-state index contributed by atoms with van der Waals surface area (Å²) in [4.78, 5) is 27.0. The Bertz CT molecular complexity index is 1030. The number of rotatable bonds is 3. The van der Waals surface area contributed by atoms with Crippen molar-refractivity contribution in [2.45, 2.75) is 37.6 Å². The zero-order chi connectivity index (χ0) is 20.1. The lowest BCUT2D eigenvalue weighted by Gasteiger charge is -2.35. The molecule has 1 saturated heterocycles. The van der Waals surface area contributed by atoms with Crippen LogP contribution in [0.4, 0.5) is 0 Å². The molecule has 2 amide bonds. The van der Waals surface area contributed by atoms with Gasteiger partial charge in [0.25, 0.3) is 11.8 Å². The van der Waals surface area contributed by atoms with Crippen molar-refractivity contribution in [3.63, 3.8) is 0 Å². The Morgan fingerprint density at radius 2 is 1.46 bits per heavy atom. The van der Waals surface area contributed by atoms with Crippen LogP contribution < -0.4 is 0 Å². The molecule has 2 heterocycles. The molecule has 4 rings (SSSR count). The first-order chi connectivity index (χ1) is 13.3. The van der Waals surface area contributed by atoms with Gasteiger partial charge in [-0.25, -0.2) is 8.42 Å². The molecule has 0 bridgehead atoms. The number of sulfonamides is 1. The van der Waals surface area contributed by atoms with Gasteiger partial charge in [-0.15, -0.1) is 0 Å². The van der Waals surface area contributed by atoms with Gasteiger partial charge >= 0.3 is 0 Å². The van der Waals surface area contributed by atoms with Crippen LogP contribution in [0.5, 0.6) is 0 Å². The van der Waals surface area contributed by atoms with Gasteiger partial charge in [0, 0.05) is 19.1 Å². The smallest absolute Gasteiger partial charge is 0.261 e. The number of nitrogens with zero attached hydrogens (tertiary/aromatic N) is 2. The molecule has 0 radical (unpaired) electrons. The van der Waals surface area contributed by atoms with E-state index >= 15 is 0 Å². The number of benzene rings is 2. The molecule has 146 valence electrons. The molecule has 0 aliphatic carbocycles. The topological polar surface area (TPSA) is 74.8 Å². The lowest BCUT2D eigenvalue weighted by atomic mass is 10.1. The number of hydrogen-bond acceptors (Lipinski definition) is 4. The SMILES string of the molecule is Cc1ccc(C)c(S(=O)(=O)N2CCC(N3C(=O)c4ccccc4C3=O)CC2)c1. The summed E-state index contributed by atoms with van der Waals surface area (Å²) in [5.41, 5.74) is 2.47. The Balaban J connectivity index is 1.52. The lowest BCUT2D eigenvalue weighted by Crippen LogP contribution is -2.48. The maximum atomic E-state index is 13.1. The minimum Gasteiger partial charge on any atom is -0.271 e. The van der Waals surface area contributed by atoms with Crippen LogP contribution in [0.25, 0.3) is 0 Å². The zero-order valence-corrected chi connectivity index (χ0v) is 16.7. The van der Waals surface area contributed by atoms with Gasteiger partial charge in [-0.1, -0.05) is 24.3 Å². The standard InChI is InChI=1S/C21H22N2O4S/c1-14-7-8-15(2)19(13-14)28(26,27)22-11-9-16(10-12-22)23-20(24)17-5-3-4-6-18(17)21(23)25/h3-8,13,16H,9-12H2,1-2H3. The van der Waals surface area contributed by atoms with E-state index in [4.69, 9.17) is 0 Å². The maximum Gasteiger partial charge on any atom is 0.261 e. The third-order valence-electron chi connectivity index (χ3n) is 5.58. The molecule has 7 heteroatoms. The van der Waals surface area contributed by atoms with Crippen molar-refractivity contribution in [2.24, 2.45) is 0 Å². The Morgan fingerprint density at radius 3 is 2.04 bits per heavy atom. The predicted molar refractivity (Wildman–Crippen MR) is 105 cm³/mol. The van der Waals surface area contributed by atoms with Crippen molar-refractivity contribution in [2.75, 3.05) is 13.1 Å². The Kier molecular flexibility index (Phi) is 4.59. The van der Waals surface area contributed by atoms with Gasteiger partial charge in [-0.2, -0.15) is 4.31 Å². The molecule has 2 aliphatic heterocycles. The molecule has 2 aromatic carbocycles. The van der Waals surface area contributed by atoms with E-state index in [1.807, 2.05) is 19.1 Å². The molecule has 2 aromatic rings. The molecule has 0 N–H and O–H groups in total. The Morgan fingerprint density at radius 1 is 0.893 bits per heavy atom.